The molecule has 2 aliphatic rings. The van der Waals surface area contributed by atoms with Gasteiger partial charge >= 0.3 is 0 Å². The summed E-state index contributed by atoms with van der Waals surface area (Å²) in [7, 11) is 3.98. The maximum absolute atomic E-state index is 12.8. The summed E-state index contributed by atoms with van der Waals surface area (Å²) in [6, 6.07) is 10.4. The van der Waals surface area contributed by atoms with E-state index in [2.05, 4.69) is 69.7 Å². The van der Waals surface area contributed by atoms with Gasteiger partial charge in [-0.25, -0.2) is 19.2 Å². The van der Waals surface area contributed by atoms with E-state index >= 15 is 0 Å². The Morgan fingerprint density at radius 2 is 1.52 bits per heavy atom. The zero-order valence-corrected chi connectivity index (χ0v) is 30.4. The lowest BCUT2D eigenvalue weighted by atomic mass is 9.76. The predicted molar refractivity (Wildman–Crippen MR) is 180 cm³/mol. The number of nitrogens with zero attached hydrogens (tertiary/aromatic N) is 3. The minimum Gasteiger partial charge on any atom is -0.369 e. The second-order valence-electron chi connectivity index (χ2n) is 14.1. The van der Waals surface area contributed by atoms with Crippen molar-refractivity contribution >= 4 is 5.91 Å². The molecule has 1 saturated carbocycles. The van der Waals surface area contributed by atoms with E-state index in [0.717, 1.165) is 18.4 Å². The maximum atomic E-state index is 12.8. The van der Waals surface area contributed by atoms with Gasteiger partial charge in [-0.15, -0.1) is 0 Å². The van der Waals surface area contributed by atoms with E-state index in [-0.39, 0.29) is 18.6 Å². The summed E-state index contributed by atoms with van der Waals surface area (Å²) in [4.78, 5) is 15.1. The molecule has 1 saturated heterocycles. The molecule has 1 amide bonds. The third-order valence-corrected chi connectivity index (χ3v) is 8.95. The summed E-state index contributed by atoms with van der Waals surface area (Å²) in [6.45, 7) is 17.4. The zero-order chi connectivity index (χ0) is 37.4. The van der Waals surface area contributed by atoms with E-state index in [9.17, 15) is 23.8 Å². The quantitative estimate of drug-likeness (QED) is 0.151. The number of nitrogens with two attached hydrogens (primary N) is 1. The molecule has 0 radical (unpaired) electrons. The Morgan fingerprint density at radius 3 is 1.96 bits per heavy atom. The summed E-state index contributed by atoms with van der Waals surface area (Å²) in [5.74, 6) is -14.8. The summed E-state index contributed by atoms with van der Waals surface area (Å²) in [5, 5.41) is 60.7. The number of halogens is 2. The van der Waals surface area contributed by atoms with E-state index in [1.54, 1.807) is 4.90 Å². The Hall–Kier alpha value is -1.85. The molecular formula is C34H63F2N5O7. The van der Waals surface area contributed by atoms with Crippen LogP contribution in [-0.4, -0.2) is 113 Å². The molecule has 14 heteroatoms. The van der Waals surface area contributed by atoms with Crippen LogP contribution in [-0.2, 0) is 11.2 Å². The van der Waals surface area contributed by atoms with Crippen molar-refractivity contribution in [1.82, 2.24) is 20.2 Å². The van der Waals surface area contributed by atoms with Crippen LogP contribution in [0.15, 0.2) is 30.3 Å². The lowest BCUT2D eigenvalue weighted by molar-refractivity contribution is -0.351. The third kappa shape index (κ3) is 12.2. The molecule has 0 aromatic heterocycles. The molecule has 9 N–H and O–H groups in total. The number of carbonyl (C=O) groups is 1. The third-order valence-electron chi connectivity index (χ3n) is 8.95. The van der Waals surface area contributed by atoms with E-state index in [0.29, 0.717) is 30.5 Å². The van der Waals surface area contributed by atoms with Crippen LogP contribution in [0.4, 0.5) is 8.78 Å². The van der Waals surface area contributed by atoms with Crippen molar-refractivity contribution in [2.45, 2.75) is 142 Å². The number of hydrazine groups is 1. The van der Waals surface area contributed by atoms with Crippen LogP contribution < -0.4 is 11.2 Å². The smallest absolute Gasteiger partial charge is 0.258 e. The van der Waals surface area contributed by atoms with Gasteiger partial charge in [0.1, 0.15) is 5.92 Å². The summed E-state index contributed by atoms with van der Waals surface area (Å²) in [5.41, 5.74) is 9.34. The molecule has 1 aliphatic heterocycles. The Kier molecular flexibility index (Phi) is 16.5. The number of aryl methyl sites for hydroxylation is 1. The first-order chi connectivity index (χ1) is 21.9. The lowest BCUT2D eigenvalue weighted by Crippen LogP contribution is -2.65. The normalized spacial score (nSPS) is 24.1. The first-order valence-corrected chi connectivity index (χ1v) is 17.0. The van der Waals surface area contributed by atoms with Crippen molar-refractivity contribution in [2.75, 3.05) is 14.1 Å². The van der Waals surface area contributed by atoms with Crippen LogP contribution >= 0.6 is 0 Å². The van der Waals surface area contributed by atoms with Gasteiger partial charge in [-0.05, 0) is 57.6 Å². The molecule has 3 rings (SSSR count). The SMILES string of the molecule is CC.CC(C)CC(CC(C)N1C(C)NN(C)C1C(C)C)N(C)C(O)(O)CCc1ccccc1.NC(=O)C1C(O)(O)CC(F)(F)CC1(O)O. The van der Waals surface area contributed by atoms with Crippen LogP contribution in [0.3, 0.4) is 0 Å². The standard InChI is InChI=1S/C25H46N4O2.C7H11F2NO5.C2H6/c1-18(2)16-23(17-20(5)29-21(6)26-28(8)24(29)19(3)4)27(7)25(30,31)15-14-22-12-10-9-11-13-22;8-5(9)1-6(12,13)3(4(10)11)7(14,15)2-5;1-2/h9-13,18-21,23-24,26,30-31H,14-17H2,1-8H3;3,12-15H,1-2H2,(H2,10,11);1-2H3. The average Bonchev–Trinajstić information content (AvgIpc) is 3.24. The first-order valence-electron chi connectivity index (χ1n) is 17.0. The molecule has 4 atom stereocenters. The lowest BCUT2D eigenvalue weighted by Gasteiger charge is -2.44. The maximum Gasteiger partial charge on any atom is 0.258 e. The van der Waals surface area contributed by atoms with Gasteiger partial charge in [-0.1, -0.05) is 71.9 Å². The number of primary amides is 1. The fraction of sp³-hybridized carbons (Fsp3) is 0.794. The van der Waals surface area contributed by atoms with Crippen molar-refractivity contribution in [1.29, 1.82) is 0 Å². The van der Waals surface area contributed by atoms with E-state index < -0.39 is 48.1 Å². The van der Waals surface area contributed by atoms with Crippen molar-refractivity contribution in [3.05, 3.63) is 35.9 Å². The van der Waals surface area contributed by atoms with Crippen molar-refractivity contribution < 1.29 is 44.2 Å². The van der Waals surface area contributed by atoms with Gasteiger partial charge in [-0.2, -0.15) is 0 Å². The van der Waals surface area contributed by atoms with Crippen LogP contribution in [0.25, 0.3) is 0 Å². The van der Waals surface area contributed by atoms with Crippen LogP contribution in [0.1, 0.15) is 93.1 Å². The highest BCUT2D eigenvalue weighted by molar-refractivity contribution is 5.79. The zero-order valence-electron chi connectivity index (χ0n) is 30.4. The highest BCUT2D eigenvalue weighted by Gasteiger charge is 2.63. The van der Waals surface area contributed by atoms with E-state index in [1.807, 2.05) is 51.2 Å². The Morgan fingerprint density at radius 1 is 1.02 bits per heavy atom. The van der Waals surface area contributed by atoms with Crippen LogP contribution in [0, 0.1) is 17.8 Å². The molecule has 1 heterocycles. The molecular weight excluding hydrogens is 628 g/mol. The highest BCUT2D eigenvalue weighted by atomic mass is 19.3. The number of aliphatic hydroxyl groups is 6. The minimum atomic E-state index is -3.70. The number of nitrogens with one attached hydrogen (secondary N) is 1. The number of carbonyl (C=O) groups excluding carboxylic acids is 1. The Balaban J connectivity index is 0.000000566. The van der Waals surface area contributed by atoms with Crippen LogP contribution in [0.2, 0.25) is 0 Å². The molecule has 1 aliphatic carbocycles. The molecule has 1 aromatic carbocycles. The number of alkyl halides is 2. The van der Waals surface area contributed by atoms with E-state index in [4.69, 9.17) is 20.4 Å². The van der Waals surface area contributed by atoms with Crippen molar-refractivity contribution in [2.24, 2.45) is 23.5 Å². The molecule has 0 spiro atoms. The first kappa shape index (κ1) is 44.2. The van der Waals surface area contributed by atoms with Gasteiger partial charge in [0.25, 0.3) is 5.92 Å². The minimum absolute atomic E-state index is 0.0756. The molecule has 0 bridgehead atoms. The van der Waals surface area contributed by atoms with Gasteiger partial charge in [0.2, 0.25) is 11.8 Å². The summed E-state index contributed by atoms with van der Waals surface area (Å²) >= 11 is 0. The van der Waals surface area contributed by atoms with Crippen molar-refractivity contribution in [3.63, 3.8) is 0 Å². The highest BCUT2D eigenvalue weighted by Crippen LogP contribution is 2.45. The topological polar surface area (TPSA) is 186 Å². The van der Waals surface area contributed by atoms with Gasteiger partial charge in [0.05, 0.1) is 25.2 Å². The Bertz CT molecular complexity index is 1090. The van der Waals surface area contributed by atoms with Crippen molar-refractivity contribution in [3.8, 4) is 0 Å². The largest absolute Gasteiger partial charge is 0.369 e. The second-order valence-corrected chi connectivity index (χ2v) is 14.1. The van der Waals surface area contributed by atoms with Gasteiger partial charge < -0.3 is 36.4 Å². The number of benzene rings is 1. The molecule has 48 heavy (non-hydrogen) atoms. The fourth-order valence-electron chi connectivity index (χ4n) is 7.05. The van der Waals surface area contributed by atoms with Gasteiger partial charge in [0.15, 0.2) is 11.6 Å². The van der Waals surface area contributed by atoms with Crippen LogP contribution in [0.5, 0.6) is 0 Å². The molecule has 1 aromatic rings. The monoisotopic (exact) mass is 691 g/mol. The fourth-order valence-corrected chi connectivity index (χ4v) is 7.05. The summed E-state index contributed by atoms with van der Waals surface area (Å²) < 4.78 is 25.7. The van der Waals surface area contributed by atoms with Gasteiger partial charge in [-0.3, -0.25) is 14.6 Å². The number of hydrogen-bond donors (Lipinski definition) is 8. The number of hydrogen-bond acceptors (Lipinski definition) is 11. The molecule has 12 nitrogen and oxygen atoms in total. The number of amides is 1. The Labute approximate surface area is 285 Å². The molecule has 4 unspecified atom stereocenters. The second kappa shape index (κ2) is 17.9. The number of rotatable bonds is 12. The predicted octanol–water partition coefficient (Wildman–Crippen LogP) is 2.37. The average molecular weight is 692 g/mol. The summed E-state index contributed by atoms with van der Waals surface area (Å²) in [6.07, 6.45) is 0.348. The van der Waals surface area contributed by atoms with E-state index in [1.165, 1.54) is 0 Å². The van der Waals surface area contributed by atoms with Gasteiger partial charge in [0, 0.05) is 25.6 Å². The molecule has 280 valence electrons. The molecule has 2 fully saturated rings.